The number of rotatable bonds is 8. The zero-order chi connectivity index (χ0) is 25.8. The predicted octanol–water partition coefficient (Wildman–Crippen LogP) is 3.94. The van der Waals surface area contributed by atoms with Gasteiger partial charge in [0.1, 0.15) is 17.7 Å². The average Bonchev–Trinajstić information content (AvgIpc) is 2.87. The van der Waals surface area contributed by atoms with E-state index in [1.165, 1.54) is 18.5 Å². The molecule has 0 aliphatic carbocycles. The molecule has 0 unspecified atom stereocenters. The Morgan fingerprint density at radius 2 is 1.78 bits per heavy atom. The molecule has 186 valence electrons. The number of halogens is 3. The monoisotopic (exact) mass is 512 g/mol. The first-order chi connectivity index (χ1) is 17.3. The van der Waals surface area contributed by atoms with Crippen molar-refractivity contribution in [3.8, 4) is 0 Å². The fourth-order valence-electron chi connectivity index (χ4n) is 3.84. The van der Waals surface area contributed by atoms with Crippen molar-refractivity contribution in [1.82, 2.24) is 25.1 Å². The fourth-order valence-corrected chi connectivity index (χ4v) is 4.04. The molecule has 0 aliphatic rings. The van der Waals surface area contributed by atoms with Crippen molar-refractivity contribution in [2.24, 2.45) is 0 Å². The van der Waals surface area contributed by atoms with Gasteiger partial charge in [0, 0.05) is 25.0 Å². The lowest BCUT2D eigenvalue weighted by molar-refractivity contribution is 0.0948. The highest BCUT2D eigenvalue weighted by atomic mass is 35.5. The highest BCUT2D eigenvalue weighted by Gasteiger charge is 2.17. The Morgan fingerprint density at radius 3 is 2.50 bits per heavy atom. The van der Waals surface area contributed by atoms with Gasteiger partial charge in [-0.15, -0.1) is 0 Å². The number of nitrogens with zero attached hydrogens (tertiary/aromatic N) is 5. The van der Waals surface area contributed by atoms with E-state index in [2.05, 4.69) is 25.3 Å². The number of anilines is 1. The minimum absolute atomic E-state index is 0.0888. The highest BCUT2D eigenvalue weighted by Crippen LogP contribution is 2.24. The van der Waals surface area contributed by atoms with Crippen molar-refractivity contribution >= 4 is 34.2 Å². The van der Waals surface area contributed by atoms with Crippen LogP contribution in [0.3, 0.4) is 0 Å². The van der Waals surface area contributed by atoms with Crippen LogP contribution in [-0.2, 0) is 13.1 Å². The van der Waals surface area contributed by atoms with Crippen molar-refractivity contribution in [1.29, 1.82) is 0 Å². The average molecular weight is 513 g/mol. The molecule has 1 N–H and O–H groups in total. The quantitative estimate of drug-likeness (QED) is 0.384. The molecule has 4 rings (SSSR count). The van der Waals surface area contributed by atoms with Gasteiger partial charge >= 0.3 is 0 Å². The molecule has 4 aromatic rings. The largest absolute Gasteiger partial charge is 0.357 e. The van der Waals surface area contributed by atoms with Crippen molar-refractivity contribution in [3.63, 3.8) is 0 Å². The molecule has 0 spiro atoms. The molecule has 8 nitrogen and oxygen atoms in total. The van der Waals surface area contributed by atoms with Crippen LogP contribution in [0.1, 0.15) is 35.3 Å². The van der Waals surface area contributed by atoms with Crippen molar-refractivity contribution in [2.75, 3.05) is 18.0 Å². The van der Waals surface area contributed by atoms with E-state index < -0.39 is 23.1 Å². The summed E-state index contributed by atoms with van der Waals surface area (Å²) in [6.07, 6.45) is 1.52. The summed E-state index contributed by atoms with van der Waals surface area (Å²) in [6, 6.07) is 10.0. The molecule has 0 aliphatic heterocycles. The van der Waals surface area contributed by atoms with Gasteiger partial charge in [0.05, 0.1) is 12.1 Å². The normalized spacial score (nSPS) is 11.0. The number of aromatic nitrogens is 4. The van der Waals surface area contributed by atoms with E-state index >= 15 is 0 Å². The lowest BCUT2D eigenvalue weighted by atomic mass is 10.1. The van der Waals surface area contributed by atoms with Crippen LogP contribution < -0.4 is 15.8 Å². The number of fused-ring (bicyclic) bond motifs is 1. The number of benzene rings is 2. The minimum Gasteiger partial charge on any atom is -0.357 e. The van der Waals surface area contributed by atoms with Gasteiger partial charge in [-0.05, 0) is 55.3 Å². The summed E-state index contributed by atoms with van der Waals surface area (Å²) in [5.74, 6) is -1.89. The molecule has 2 aromatic carbocycles. The van der Waals surface area contributed by atoms with E-state index in [0.29, 0.717) is 5.56 Å². The second kappa shape index (κ2) is 10.8. The van der Waals surface area contributed by atoms with Crippen molar-refractivity contribution in [3.05, 3.63) is 92.6 Å². The maximum atomic E-state index is 13.6. The van der Waals surface area contributed by atoms with E-state index in [-0.39, 0.29) is 23.8 Å². The Bertz CT molecular complexity index is 1490. The molecular weight excluding hydrogens is 490 g/mol. The first-order valence-electron chi connectivity index (χ1n) is 11.3. The van der Waals surface area contributed by atoms with E-state index in [9.17, 15) is 18.4 Å². The zero-order valence-corrected chi connectivity index (χ0v) is 20.4. The molecule has 11 heteroatoms. The van der Waals surface area contributed by atoms with Crippen LogP contribution in [-0.4, -0.2) is 38.7 Å². The van der Waals surface area contributed by atoms with Crippen molar-refractivity contribution in [2.45, 2.75) is 26.9 Å². The number of hydrogen-bond donors (Lipinski definition) is 1. The molecule has 0 fully saturated rings. The summed E-state index contributed by atoms with van der Waals surface area (Å²) in [6.45, 7) is 5.60. The molecule has 0 bridgehead atoms. The molecular formula is C25H23ClF2N6O2. The predicted molar refractivity (Wildman–Crippen MR) is 133 cm³/mol. The van der Waals surface area contributed by atoms with E-state index in [0.717, 1.165) is 52.2 Å². The Morgan fingerprint density at radius 1 is 1.03 bits per heavy atom. The maximum absolute atomic E-state index is 13.6. The molecule has 0 radical (unpaired) electrons. The van der Waals surface area contributed by atoms with Crippen LogP contribution in [0, 0.1) is 11.6 Å². The second-order valence-corrected chi connectivity index (χ2v) is 8.38. The SMILES string of the molecule is CCN(CC)c1ncnc2ccc(CNC(=O)c3cc(Cl)nn(Cc4ccc(F)c(F)c4)c3=O)cc12. The van der Waals surface area contributed by atoms with E-state index in [1.54, 1.807) is 0 Å². The smallest absolute Gasteiger partial charge is 0.280 e. The number of carbonyl (C=O) groups excluding carboxylic acids is 1. The molecule has 0 atom stereocenters. The van der Waals surface area contributed by atoms with Crippen molar-refractivity contribution < 1.29 is 13.6 Å². The van der Waals surface area contributed by atoms with Gasteiger partial charge in [0.2, 0.25) is 0 Å². The van der Waals surface area contributed by atoms with Crippen LogP contribution >= 0.6 is 11.6 Å². The third-order valence-corrected chi connectivity index (χ3v) is 5.88. The maximum Gasteiger partial charge on any atom is 0.280 e. The van der Waals surface area contributed by atoms with Gasteiger partial charge in [-0.1, -0.05) is 23.7 Å². The van der Waals surface area contributed by atoms with Crippen LogP contribution in [0.2, 0.25) is 5.15 Å². The van der Waals surface area contributed by atoms with Crippen LogP contribution in [0.15, 0.2) is 53.6 Å². The van der Waals surface area contributed by atoms with Crippen LogP contribution in [0.4, 0.5) is 14.6 Å². The van der Waals surface area contributed by atoms with E-state index in [4.69, 9.17) is 11.6 Å². The zero-order valence-electron chi connectivity index (χ0n) is 19.6. The lowest BCUT2D eigenvalue weighted by Gasteiger charge is -2.21. The first-order valence-corrected chi connectivity index (χ1v) is 11.7. The molecule has 2 heterocycles. The number of hydrogen-bond acceptors (Lipinski definition) is 6. The summed E-state index contributed by atoms with van der Waals surface area (Å²) >= 11 is 6.04. The number of amides is 1. The summed E-state index contributed by atoms with van der Waals surface area (Å²) < 4.78 is 27.7. The second-order valence-electron chi connectivity index (χ2n) is 8.00. The van der Waals surface area contributed by atoms with E-state index in [1.807, 2.05) is 32.0 Å². The Balaban J connectivity index is 1.56. The van der Waals surface area contributed by atoms with Gasteiger partial charge in [0.25, 0.3) is 11.5 Å². The molecule has 2 aromatic heterocycles. The summed E-state index contributed by atoms with van der Waals surface area (Å²) in [4.78, 5) is 36.6. The summed E-state index contributed by atoms with van der Waals surface area (Å²) in [5, 5.41) is 7.41. The van der Waals surface area contributed by atoms with Gasteiger partial charge in [-0.2, -0.15) is 5.10 Å². The topological polar surface area (TPSA) is 93.0 Å². The summed E-state index contributed by atoms with van der Waals surface area (Å²) in [5.41, 5.74) is 0.937. The third-order valence-electron chi connectivity index (χ3n) is 5.70. The fraction of sp³-hybridized carbons (Fsp3) is 0.240. The van der Waals surface area contributed by atoms with Gasteiger partial charge in [-0.3, -0.25) is 9.59 Å². The molecule has 1 amide bonds. The Kier molecular flexibility index (Phi) is 7.54. The molecule has 36 heavy (non-hydrogen) atoms. The Labute approximate surface area is 210 Å². The third kappa shape index (κ3) is 5.33. The van der Waals surface area contributed by atoms with Gasteiger partial charge in [-0.25, -0.2) is 23.4 Å². The standard InChI is InChI=1S/C25H23ClF2N6O2/c1-3-33(4-2)23-17-9-15(6-8-21(17)30-14-31-23)12-29-24(35)18-11-22(26)32-34(25(18)36)13-16-5-7-19(27)20(28)10-16/h5-11,14H,3-4,12-13H2,1-2H3,(H,29,35). The minimum atomic E-state index is -1.05. The number of nitrogens with one attached hydrogen (secondary N) is 1. The van der Waals surface area contributed by atoms with Gasteiger partial charge < -0.3 is 10.2 Å². The lowest BCUT2D eigenvalue weighted by Crippen LogP contribution is -2.34. The van der Waals surface area contributed by atoms with Crippen LogP contribution in [0.25, 0.3) is 10.9 Å². The highest BCUT2D eigenvalue weighted by molar-refractivity contribution is 6.29. The Hall–Kier alpha value is -3.92. The number of carbonyl (C=O) groups is 1. The van der Waals surface area contributed by atoms with Gasteiger partial charge in [0.15, 0.2) is 16.8 Å². The molecule has 0 saturated heterocycles. The summed E-state index contributed by atoms with van der Waals surface area (Å²) in [7, 11) is 0. The first kappa shape index (κ1) is 25.2. The molecule has 0 saturated carbocycles. The van der Waals surface area contributed by atoms with Crippen LogP contribution in [0.5, 0.6) is 0 Å².